The monoisotopic (exact) mass is 637 g/mol. The Morgan fingerprint density at radius 1 is 0.340 bits per heavy atom. The van der Waals surface area contributed by atoms with Gasteiger partial charge in [0.2, 0.25) is 0 Å². The average Bonchev–Trinajstić information content (AvgIpc) is 3.71. The molecule has 3 nitrogen and oxygen atoms in total. The van der Waals surface area contributed by atoms with Crippen LogP contribution in [0.15, 0.2) is 188 Å². The third-order valence-electron chi connectivity index (χ3n) is 9.99. The second-order valence-electron chi connectivity index (χ2n) is 12.8. The van der Waals surface area contributed by atoms with Gasteiger partial charge >= 0.3 is 0 Å². The number of fused-ring (bicyclic) bond motifs is 6. The average molecular weight is 638 g/mol. The Balaban J connectivity index is 1.34. The molecule has 0 radical (unpaired) electrons. The van der Waals surface area contributed by atoms with E-state index in [1.54, 1.807) is 0 Å². The zero-order valence-corrected chi connectivity index (χ0v) is 27.2. The van der Waals surface area contributed by atoms with E-state index < -0.39 is 0 Å². The fourth-order valence-electron chi connectivity index (χ4n) is 7.82. The van der Waals surface area contributed by atoms with Crippen molar-refractivity contribution in [2.24, 2.45) is 0 Å². The Labute approximate surface area is 290 Å². The van der Waals surface area contributed by atoms with E-state index >= 15 is 0 Å². The van der Waals surface area contributed by atoms with Gasteiger partial charge in [0.1, 0.15) is 0 Å². The molecule has 10 aromatic rings. The number of hydrogen-bond acceptors (Lipinski definition) is 1. The van der Waals surface area contributed by atoms with Crippen LogP contribution in [0.1, 0.15) is 0 Å². The zero-order valence-electron chi connectivity index (χ0n) is 27.2. The molecule has 0 aliphatic heterocycles. The summed E-state index contributed by atoms with van der Waals surface area (Å²) in [7, 11) is 0. The molecule has 0 saturated heterocycles. The Morgan fingerprint density at radius 3 is 1.50 bits per heavy atom. The van der Waals surface area contributed by atoms with Crippen LogP contribution in [0.4, 0.5) is 0 Å². The number of hydrogen-bond donors (Lipinski definition) is 0. The van der Waals surface area contributed by atoms with Crippen LogP contribution in [-0.2, 0) is 0 Å². The first-order valence-electron chi connectivity index (χ1n) is 17.0. The van der Waals surface area contributed by atoms with E-state index in [2.05, 4.69) is 190 Å². The number of aromatic nitrogens is 3. The van der Waals surface area contributed by atoms with Gasteiger partial charge in [-0.3, -0.25) is 4.98 Å². The standard InChI is InChI=1S/C47H31N3/c1-3-14-32(15-4-1)34-28-35(30-36(29-34)49-43-23-10-9-20-41(43)42-31-48-27-26-46(42)49)38-22-13-21-37(33-16-5-2-6-17-33)47(38)50-44-24-11-7-18-39(44)40-19-8-12-25-45(40)50/h1-31H. The lowest BCUT2D eigenvalue weighted by molar-refractivity contribution is 1.17. The van der Waals surface area contributed by atoms with E-state index in [1.807, 2.05) is 12.4 Å². The predicted molar refractivity (Wildman–Crippen MR) is 209 cm³/mol. The van der Waals surface area contributed by atoms with Crippen molar-refractivity contribution in [3.05, 3.63) is 188 Å². The second-order valence-corrected chi connectivity index (χ2v) is 12.8. The largest absolute Gasteiger partial charge is 0.309 e. The zero-order chi connectivity index (χ0) is 33.0. The Hall–Kier alpha value is -6.71. The Morgan fingerprint density at radius 2 is 0.840 bits per heavy atom. The molecule has 3 heterocycles. The van der Waals surface area contributed by atoms with Crippen LogP contribution in [0.25, 0.3) is 88.4 Å². The third-order valence-corrected chi connectivity index (χ3v) is 9.99. The van der Waals surface area contributed by atoms with Crippen molar-refractivity contribution in [2.45, 2.75) is 0 Å². The first-order chi connectivity index (χ1) is 24.8. The van der Waals surface area contributed by atoms with Gasteiger partial charge in [-0.05, 0) is 64.7 Å². The normalized spacial score (nSPS) is 11.6. The fraction of sp³-hybridized carbons (Fsp3) is 0. The topological polar surface area (TPSA) is 22.8 Å². The van der Waals surface area contributed by atoms with Crippen LogP contribution in [0, 0.1) is 0 Å². The summed E-state index contributed by atoms with van der Waals surface area (Å²) in [6, 6.07) is 63.6. The summed E-state index contributed by atoms with van der Waals surface area (Å²) in [5.41, 5.74) is 14.0. The van der Waals surface area contributed by atoms with E-state index in [4.69, 9.17) is 0 Å². The summed E-state index contributed by atoms with van der Waals surface area (Å²) >= 11 is 0. The molecule has 7 aromatic carbocycles. The van der Waals surface area contributed by atoms with Crippen LogP contribution < -0.4 is 0 Å². The number of nitrogens with zero attached hydrogens (tertiary/aromatic N) is 3. The summed E-state index contributed by atoms with van der Waals surface area (Å²) in [6.45, 7) is 0. The maximum atomic E-state index is 4.51. The third kappa shape index (κ3) is 4.41. The van der Waals surface area contributed by atoms with Gasteiger partial charge in [0.15, 0.2) is 0 Å². The molecule has 0 N–H and O–H groups in total. The Kier molecular flexibility index (Phi) is 6.49. The molecule has 0 atom stereocenters. The van der Waals surface area contributed by atoms with E-state index in [0.29, 0.717) is 0 Å². The lowest BCUT2D eigenvalue weighted by Crippen LogP contribution is -2.02. The molecule has 234 valence electrons. The molecule has 0 spiro atoms. The lowest BCUT2D eigenvalue weighted by Gasteiger charge is -2.20. The maximum absolute atomic E-state index is 4.51. The second kappa shape index (κ2) is 11.5. The number of benzene rings is 7. The minimum absolute atomic E-state index is 1.11. The molecular weight excluding hydrogens is 607 g/mol. The molecule has 0 unspecified atom stereocenters. The molecule has 0 aliphatic rings. The highest BCUT2D eigenvalue weighted by Gasteiger charge is 2.21. The van der Waals surface area contributed by atoms with Crippen molar-refractivity contribution in [1.82, 2.24) is 14.1 Å². The quantitative estimate of drug-likeness (QED) is 0.184. The highest BCUT2D eigenvalue weighted by Crippen LogP contribution is 2.43. The van der Waals surface area contributed by atoms with Crippen molar-refractivity contribution in [3.63, 3.8) is 0 Å². The minimum Gasteiger partial charge on any atom is -0.309 e. The van der Waals surface area contributed by atoms with Gasteiger partial charge < -0.3 is 9.13 Å². The summed E-state index contributed by atoms with van der Waals surface area (Å²) in [5.74, 6) is 0. The van der Waals surface area contributed by atoms with E-state index in [-0.39, 0.29) is 0 Å². The highest BCUT2D eigenvalue weighted by molar-refractivity contribution is 6.11. The molecule has 3 heteroatoms. The molecule has 0 amide bonds. The van der Waals surface area contributed by atoms with Crippen LogP contribution >= 0.6 is 0 Å². The first kappa shape index (κ1) is 28.3. The molecule has 3 aromatic heterocycles. The van der Waals surface area contributed by atoms with Crippen LogP contribution in [0.3, 0.4) is 0 Å². The summed E-state index contributed by atoms with van der Waals surface area (Å²) in [5, 5.41) is 4.83. The van der Waals surface area contributed by atoms with E-state index in [9.17, 15) is 0 Å². The van der Waals surface area contributed by atoms with Gasteiger partial charge in [-0.1, -0.05) is 133 Å². The maximum Gasteiger partial charge on any atom is 0.0618 e. The van der Waals surface area contributed by atoms with Crippen LogP contribution in [-0.4, -0.2) is 14.1 Å². The highest BCUT2D eigenvalue weighted by atomic mass is 15.0. The van der Waals surface area contributed by atoms with Crippen LogP contribution in [0.5, 0.6) is 0 Å². The minimum atomic E-state index is 1.11. The number of para-hydroxylation sites is 4. The van der Waals surface area contributed by atoms with Gasteiger partial charge in [0, 0.05) is 50.8 Å². The van der Waals surface area contributed by atoms with E-state index in [0.717, 1.165) is 33.2 Å². The van der Waals surface area contributed by atoms with Crippen molar-refractivity contribution in [3.8, 4) is 44.8 Å². The van der Waals surface area contributed by atoms with E-state index in [1.165, 1.54) is 55.1 Å². The van der Waals surface area contributed by atoms with Gasteiger partial charge in [-0.15, -0.1) is 0 Å². The van der Waals surface area contributed by atoms with Crippen molar-refractivity contribution >= 4 is 43.6 Å². The summed E-state index contributed by atoms with van der Waals surface area (Å²) in [4.78, 5) is 4.51. The Bertz CT molecular complexity index is 2750. The van der Waals surface area contributed by atoms with Crippen molar-refractivity contribution in [2.75, 3.05) is 0 Å². The van der Waals surface area contributed by atoms with Gasteiger partial charge in [0.05, 0.1) is 27.8 Å². The molecule has 50 heavy (non-hydrogen) atoms. The van der Waals surface area contributed by atoms with Gasteiger partial charge in [0.25, 0.3) is 0 Å². The number of pyridine rings is 1. The van der Waals surface area contributed by atoms with Gasteiger partial charge in [-0.2, -0.15) is 0 Å². The van der Waals surface area contributed by atoms with Crippen molar-refractivity contribution in [1.29, 1.82) is 0 Å². The smallest absolute Gasteiger partial charge is 0.0618 e. The molecular formula is C47H31N3. The summed E-state index contributed by atoms with van der Waals surface area (Å²) in [6.07, 6.45) is 3.88. The number of rotatable bonds is 5. The predicted octanol–water partition coefficient (Wildman–Crippen LogP) is 12.3. The van der Waals surface area contributed by atoms with Gasteiger partial charge in [-0.25, -0.2) is 0 Å². The fourth-order valence-corrected chi connectivity index (χ4v) is 7.82. The van der Waals surface area contributed by atoms with Crippen LogP contribution in [0.2, 0.25) is 0 Å². The molecule has 0 bridgehead atoms. The SMILES string of the molecule is c1ccc(-c2cc(-c3cccc(-c4ccccc4)c3-n3c4ccccc4c4ccccc43)cc(-n3c4ccccc4c4cnccc43)c2)cc1. The summed E-state index contributed by atoms with van der Waals surface area (Å²) < 4.78 is 4.87. The lowest BCUT2D eigenvalue weighted by atomic mass is 9.93. The molecule has 0 saturated carbocycles. The molecule has 0 fully saturated rings. The van der Waals surface area contributed by atoms with Crippen molar-refractivity contribution < 1.29 is 0 Å². The first-order valence-corrected chi connectivity index (χ1v) is 17.0. The molecule has 10 rings (SSSR count). The molecule has 0 aliphatic carbocycles.